The molecule has 6 rings (SSSR count). The molecule has 1 nitrogen and oxygen atoms in total. The second kappa shape index (κ2) is 5.03. The molecule has 1 heteroatoms. The van der Waals surface area contributed by atoms with Gasteiger partial charge in [0.25, 0.3) is 0 Å². The minimum absolute atomic E-state index is 0.967. The van der Waals surface area contributed by atoms with Gasteiger partial charge in [0, 0.05) is 17.0 Å². The molecule has 0 aliphatic heterocycles. The number of pyridine rings is 1. The molecule has 1 radical (unpaired) electrons. The number of para-hydroxylation sites is 1. The van der Waals surface area contributed by atoms with E-state index in [1.54, 1.807) is 0 Å². The molecule has 0 amide bonds. The van der Waals surface area contributed by atoms with Gasteiger partial charge in [0.1, 0.15) is 0 Å². The standard InChI is InChI=1S/C25H14N/c1-2-7-22-16(4-1)12-13-23(26-22)21-14-19-10-8-17-5-3-6-18-9-11-20(15-21)25(19)24(17)18/h1-14H. The molecule has 0 aliphatic rings. The van der Waals surface area contributed by atoms with Crippen LogP contribution in [0.1, 0.15) is 0 Å². The van der Waals surface area contributed by atoms with Crippen LogP contribution >= 0.6 is 0 Å². The van der Waals surface area contributed by atoms with Gasteiger partial charge < -0.3 is 0 Å². The van der Waals surface area contributed by atoms with Crippen LogP contribution in [0.3, 0.4) is 0 Å². The first-order chi connectivity index (χ1) is 12.9. The molecule has 0 aliphatic carbocycles. The highest BCUT2D eigenvalue weighted by Gasteiger charge is 2.11. The van der Waals surface area contributed by atoms with Gasteiger partial charge in [-0.3, -0.25) is 0 Å². The van der Waals surface area contributed by atoms with E-state index in [1.807, 2.05) is 12.1 Å². The van der Waals surface area contributed by atoms with Crippen LogP contribution in [0.4, 0.5) is 0 Å². The van der Waals surface area contributed by atoms with E-state index < -0.39 is 0 Å². The average Bonchev–Trinajstić information content (AvgIpc) is 2.71. The van der Waals surface area contributed by atoms with Crippen molar-refractivity contribution in [3.8, 4) is 11.3 Å². The maximum absolute atomic E-state index is 4.85. The van der Waals surface area contributed by atoms with E-state index in [0.717, 1.165) is 27.5 Å². The number of benzene rings is 5. The molecule has 0 saturated carbocycles. The van der Waals surface area contributed by atoms with Crippen LogP contribution in [-0.2, 0) is 0 Å². The van der Waals surface area contributed by atoms with Gasteiger partial charge in [0.05, 0.1) is 11.2 Å². The van der Waals surface area contributed by atoms with Gasteiger partial charge in [-0.2, -0.15) is 0 Å². The Morgan fingerprint density at radius 1 is 0.577 bits per heavy atom. The van der Waals surface area contributed by atoms with Crippen molar-refractivity contribution in [1.82, 2.24) is 4.98 Å². The lowest BCUT2D eigenvalue weighted by Crippen LogP contribution is -1.88. The molecule has 26 heavy (non-hydrogen) atoms. The number of nitrogens with zero attached hydrogens (tertiary/aromatic N) is 1. The molecule has 1 heterocycles. The SMILES string of the molecule is [c]1c(-c2ccc3ccccc3n2)cc2ccc3cccc4ccc1c2c43. The Bertz CT molecular complexity index is 1360. The van der Waals surface area contributed by atoms with E-state index >= 15 is 0 Å². The molecular formula is C25H14N. The summed E-state index contributed by atoms with van der Waals surface area (Å²) < 4.78 is 0. The fourth-order valence-corrected chi connectivity index (χ4v) is 4.02. The van der Waals surface area contributed by atoms with Crippen LogP contribution < -0.4 is 0 Å². The zero-order valence-electron chi connectivity index (χ0n) is 14.0. The van der Waals surface area contributed by atoms with Crippen LogP contribution in [0.2, 0.25) is 0 Å². The van der Waals surface area contributed by atoms with E-state index in [-0.39, 0.29) is 0 Å². The highest BCUT2D eigenvalue weighted by molar-refractivity contribution is 6.23. The second-order valence-corrected chi connectivity index (χ2v) is 6.79. The predicted molar refractivity (Wildman–Crippen MR) is 110 cm³/mol. The quantitative estimate of drug-likeness (QED) is 0.310. The number of hydrogen-bond acceptors (Lipinski definition) is 1. The molecule has 0 fully saturated rings. The summed E-state index contributed by atoms with van der Waals surface area (Å²) in [5.74, 6) is 0. The summed E-state index contributed by atoms with van der Waals surface area (Å²) in [5, 5.41) is 8.75. The van der Waals surface area contributed by atoms with Gasteiger partial charge in [-0.1, -0.05) is 66.7 Å². The maximum atomic E-state index is 4.85. The number of rotatable bonds is 1. The largest absolute Gasteiger partial charge is 0.248 e. The van der Waals surface area contributed by atoms with Crippen molar-refractivity contribution >= 4 is 43.2 Å². The first kappa shape index (κ1) is 13.8. The van der Waals surface area contributed by atoms with Crippen molar-refractivity contribution in [2.45, 2.75) is 0 Å². The maximum Gasteiger partial charge on any atom is 0.0716 e. The number of fused-ring (bicyclic) bond motifs is 1. The van der Waals surface area contributed by atoms with Crippen LogP contribution in [-0.4, -0.2) is 4.98 Å². The van der Waals surface area contributed by atoms with Crippen molar-refractivity contribution < 1.29 is 0 Å². The van der Waals surface area contributed by atoms with Crippen molar-refractivity contribution in [1.29, 1.82) is 0 Å². The lowest BCUT2D eigenvalue weighted by Gasteiger charge is -2.12. The summed E-state index contributed by atoms with van der Waals surface area (Å²) in [5.41, 5.74) is 3.03. The monoisotopic (exact) mass is 328 g/mol. The van der Waals surface area contributed by atoms with Crippen LogP contribution in [0, 0.1) is 6.07 Å². The summed E-state index contributed by atoms with van der Waals surface area (Å²) >= 11 is 0. The van der Waals surface area contributed by atoms with Gasteiger partial charge in [0.15, 0.2) is 0 Å². The summed E-state index contributed by atoms with van der Waals surface area (Å²) in [6.45, 7) is 0. The molecule has 1 aromatic heterocycles. The Morgan fingerprint density at radius 3 is 2.23 bits per heavy atom. The summed E-state index contributed by atoms with van der Waals surface area (Å²) in [7, 11) is 0. The Morgan fingerprint density at radius 2 is 1.31 bits per heavy atom. The van der Waals surface area contributed by atoms with Crippen LogP contribution in [0.5, 0.6) is 0 Å². The molecule has 0 atom stereocenters. The first-order valence-corrected chi connectivity index (χ1v) is 8.83. The van der Waals surface area contributed by atoms with Crippen molar-refractivity contribution in [3.05, 3.63) is 91.0 Å². The smallest absolute Gasteiger partial charge is 0.0716 e. The van der Waals surface area contributed by atoms with Crippen LogP contribution in [0.25, 0.3) is 54.5 Å². The van der Waals surface area contributed by atoms with Gasteiger partial charge in [-0.05, 0) is 50.5 Å². The Kier molecular flexibility index (Phi) is 2.67. The molecule has 6 aromatic rings. The highest BCUT2D eigenvalue weighted by atomic mass is 14.7. The minimum Gasteiger partial charge on any atom is -0.248 e. The second-order valence-electron chi connectivity index (χ2n) is 6.79. The zero-order valence-corrected chi connectivity index (χ0v) is 14.0. The molecular weight excluding hydrogens is 314 g/mol. The topological polar surface area (TPSA) is 12.9 Å². The molecule has 0 N–H and O–H groups in total. The van der Waals surface area contributed by atoms with Crippen molar-refractivity contribution in [2.24, 2.45) is 0 Å². The zero-order chi connectivity index (χ0) is 17.1. The van der Waals surface area contributed by atoms with Crippen LogP contribution in [0.15, 0.2) is 84.9 Å². The van der Waals surface area contributed by atoms with E-state index in [0.29, 0.717) is 0 Å². The third kappa shape index (κ3) is 1.89. The Hall–Kier alpha value is -3.45. The van der Waals surface area contributed by atoms with Crippen molar-refractivity contribution in [3.63, 3.8) is 0 Å². The lowest BCUT2D eigenvalue weighted by molar-refractivity contribution is 1.40. The fourth-order valence-electron chi connectivity index (χ4n) is 4.02. The Balaban J connectivity index is 1.68. The Labute approximate surface area is 150 Å². The van der Waals surface area contributed by atoms with Gasteiger partial charge in [-0.25, -0.2) is 4.98 Å². The lowest BCUT2D eigenvalue weighted by atomic mass is 9.92. The summed E-state index contributed by atoms with van der Waals surface area (Å²) in [4.78, 5) is 4.85. The molecule has 0 saturated heterocycles. The van der Waals surface area contributed by atoms with E-state index in [2.05, 4.69) is 78.9 Å². The fraction of sp³-hybridized carbons (Fsp3) is 0. The molecule has 5 aromatic carbocycles. The van der Waals surface area contributed by atoms with Gasteiger partial charge >= 0.3 is 0 Å². The molecule has 0 unspecified atom stereocenters. The third-order valence-electron chi connectivity index (χ3n) is 5.25. The minimum atomic E-state index is 0.967. The van der Waals surface area contributed by atoms with Gasteiger partial charge in [0.2, 0.25) is 0 Å². The molecule has 0 spiro atoms. The van der Waals surface area contributed by atoms with E-state index in [1.165, 1.54) is 26.9 Å². The molecule has 0 bridgehead atoms. The first-order valence-electron chi connectivity index (χ1n) is 8.83. The summed E-state index contributed by atoms with van der Waals surface area (Å²) in [6.07, 6.45) is 0. The van der Waals surface area contributed by atoms with E-state index in [4.69, 9.17) is 4.98 Å². The number of aromatic nitrogens is 1. The van der Waals surface area contributed by atoms with Gasteiger partial charge in [-0.15, -0.1) is 0 Å². The number of hydrogen-bond donors (Lipinski definition) is 0. The third-order valence-corrected chi connectivity index (χ3v) is 5.25. The summed E-state index contributed by atoms with van der Waals surface area (Å²) in [6, 6.07) is 33.5. The average molecular weight is 328 g/mol. The predicted octanol–water partition coefficient (Wildman–Crippen LogP) is 6.60. The highest BCUT2D eigenvalue weighted by Crippen LogP contribution is 2.36. The normalized spacial score (nSPS) is 11.8. The molecule has 119 valence electrons. The van der Waals surface area contributed by atoms with E-state index in [9.17, 15) is 0 Å². The van der Waals surface area contributed by atoms with Crippen molar-refractivity contribution in [2.75, 3.05) is 0 Å².